The first-order chi connectivity index (χ1) is 7.24. The highest BCUT2D eigenvalue weighted by molar-refractivity contribution is 9.10. The van der Waals surface area contributed by atoms with Crippen LogP contribution in [0.4, 0.5) is 11.4 Å². The first-order valence-electron chi connectivity index (χ1n) is 4.56. The highest BCUT2D eigenvalue weighted by atomic mass is 79.9. The Labute approximate surface area is 101 Å². The van der Waals surface area contributed by atoms with Gasteiger partial charge in [-0.25, -0.2) is 0 Å². The number of nitrogens with two attached hydrogens (primary N) is 1. The molecule has 0 bridgehead atoms. The van der Waals surface area contributed by atoms with Gasteiger partial charge in [-0.1, -0.05) is 0 Å². The smallest absolute Gasteiger partial charge is 0.0494 e. The zero-order chi connectivity index (χ0) is 10.7. The van der Waals surface area contributed by atoms with Gasteiger partial charge in [0, 0.05) is 32.6 Å². The molecule has 0 aliphatic carbocycles. The van der Waals surface area contributed by atoms with Crippen molar-refractivity contribution in [1.82, 2.24) is 0 Å². The van der Waals surface area contributed by atoms with Gasteiger partial charge in [0.05, 0.1) is 0 Å². The summed E-state index contributed by atoms with van der Waals surface area (Å²) in [5.41, 5.74) is 7.49. The Morgan fingerprint density at radius 3 is 2.60 bits per heavy atom. The van der Waals surface area contributed by atoms with Crippen molar-refractivity contribution in [2.24, 2.45) is 0 Å². The van der Waals surface area contributed by atoms with Crippen molar-refractivity contribution in [3.63, 3.8) is 0 Å². The second-order valence-corrected chi connectivity index (χ2v) is 5.12. The lowest BCUT2D eigenvalue weighted by molar-refractivity contribution is 1.19. The van der Waals surface area contributed by atoms with Gasteiger partial charge in [-0.05, 0) is 46.3 Å². The van der Waals surface area contributed by atoms with E-state index in [-0.39, 0.29) is 0 Å². The second kappa shape index (κ2) is 4.68. The minimum Gasteiger partial charge on any atom is -0.399 e. The third-order valence-corrected chi connectivity index (χ3v) is 3.70. The molecule has 0 radical (unpaired) electrons. The summed E-state index contributed by atoms with van der Waals surface area (Å²) in [7, 11) is 0. The van der Waals surface area contributed by atoms with Crippen LogP contribution in [0.2, 0.25) is 0 Å². The predicted octanol–water partition coefficient (Wildman–Crippen LogP) is 3.70. The van der Waals surface area contributed by atoms with Crippen molar-refractivity contribution in [3.05, 3.63) is 45.1 Å². The average molecular weight is 283 g/mol. The lowest BCUT2D eigenvalue weighted by Crippen LogP contribution is -1.97. The normalized spacial score (nSPS) is 10.2. The van der Waals surface area contributed by atoms with Crippen LogP contribution in [-0.2, 0) is 6.54 Å². The third-order valence-electron chi connectivity index (χ3n) is 2.00. The molecule has 3 N–H and O–H groups in total. The highest BCUT2D eigenvalue weighted by Crippen LogP contribution is 2.21. The topological polar surface area (TPSA) is 38.0 Å². The number of benzene rings is 1. The number of halogens is 1. The lowest BCUT2D eigenvalue weighted by atomic mass is 10.3. The van der Waals surface area contributed by atoms with Crippen molar-refractivity contribution in [3.8, 4) is 0 Å². The number of nitrogen functional groups attached to an aromatic ring is 1. The zero-order valence-electron chi connectivity index (χ0n) is 8.03. The van der Waals surface area contributed by atoms with Gasteiger partial charge in [-0.15, -0.1) is 11.3 Å². The molecule has 0 unspecified atom stereocenters. The summed E-state index contributed by atoms with van der Waals surface area (Å²) in [5.74, 6) is 0. The molecule has 15 heavy (non-hydrogen) atoms. The van der Waals surface area contributed by atoms with Crippen LogP contribution in [0.1, 0.15) is 4.88 Å². The minimum absolute atomic E-state index is 0.791. The molecular weight excluding hydrogens is 272 g/mol. The van der Waals surface area contributed by atoms with Gasteiger partial charge < -0.3 is 11.1 Å². The molecule has 1 heterocycles. The maximum atomic E-state index is 5.61. The summed E-state index contributed by atoms with van der Waals surface area (Å²) in [6.45, 7) is 0.847. The Balaban J connectivity index is 1.96. The Morgan fingerprint density at radius 2 is 2.00 bits per heavy atom. The van der Waals surface area contributed by atoms with Crippen LogP contribution in [0.25, 0.3) is 0 Å². The summed E-state index contributed by atoms with van der Waals surface area (Å²) in [4.78, 5) is 1.30. The molecule has 78 valence electrons. The molecule has 2 rings (SSSR count). The molecule has 0 amide bonds. The Hall–Kier alpha value is -1.00. The quantitative estimate of drug-likeness (QED) is 0.843. The molecule has 1 aromatic carbocycles. The van der Waals surface area contributed by atoms with Gasteiger partial charge in [-0.3, -0.25) is 0 Å². The van der Waals surface area contributed by atoms with E-state index in [1.54, 1.807) is 11.3 Å². The summed E-state index contributed by atoms with van der Waals surface area (Å²) in [5, 5.41) is 5.42. The SMILES string of the molecule is Nc1ccc(NCc2cc(Br)cs2)cc1. The average Bonchev–Trinajstić information content (AvgIpc) is 2.64. The van der Waals surface area contributed by atoms with Crippen LogP contribution in [0.5, 0.6) is 0 Å². The molecule has 1 aromatic heterocycles. The van der Waals surface area contributed by atoms with Crippen LogP contribution in [0.3, 0.4) is 0 Å². The largest absolute Gasteiger partial charge is 0.399 e. The van der Waals surface area contributed by atoms with Gasteiger partial charge in [0.1, 0.15) is 0 Å². The Bertz CT molecular complexity index is 436. The van der Waals surface area contributed by atoms with Crippen LogP contribution in [0.15, 0.2) is 40.2 Å². The summed E-state index contributed by atoms with van der Waals surface area (Å²) < 4.78 is 1.14. The maximum Gasteiger partial charge on any atom is 0.0494 e. The van der Waals surface area contributed by atoms with Gasteiger partial charge in [0.15, 0.2) is 0 Å². The number of hydrogen-bond donors (Lipinski definition) is 2. The molecule has 0 aliphatic rings. The molecular formula is C11H11BrN2S. The van der Waals surface area contributed by atoms with E-state index in [0.29, 0.717) is 0 Å². The fraction of sp³-hybridized carbons (Fsp3) is 0.0909. The molecule has 2 aromatic rings. The van der Waals surface area contributed by atoms with Crippen LogP contribution in [0, 0.1) is 0 Å². The lowest BCUT2D eigenvalue weighted by Gasteiger charge is -2.04. The number of anilines is 2. The molecule has 0 saturated carbocycles. The first-order valence-corrected chi connectivity index (χ1v) is 6.23. The van der Waals surface area contributed by atoms with Gasteiger partial charge in [0.2, 0.25) is 0 Å². The molecule has 0 saturated heterocycles. The first kappa shape index (κ1) is 10.5. The van der Waals surface area contributed by atoms with Crippen molar-refractivity contribution < 1.29 is 0 Å². The monoisotopic (exact) mass is 282 g/mol. The predicted molar refractivity (Wildman–Crippen MR) is 70.2 cm³/mol. The molecule has 0 atom stereocenters. The number of thiophene rings is 1. The highest BCUT2D eigenvalue weighted by Gasteiger charge is 1.97. The summed E-state index contributed by atoms with van der Waals surface area (Å²) >= 11 is 5.17. The maximum absolute atomic E-state index is 5.61. The molecule has 2 nitrogen and oxygen atoms in total. The van der Waals surface area contributed by atoms with Crippen molar-refractivity contribution in [1.29, 1.82) is 0 Å². The molecule has 4 heteroatoms. The summed E-state index contributed by atoms with van der Waals surface area (Å²) in [6.07, 6.45) is 0. The fourth-order valence-corrected chi connectivity index (χ4v) is 2.63. The summed E-state index contributed by atoms with van der Waals surface area (Å²) in [6, 6.07) is 9.88. The fourth-order valence-electron chi connectivity index (χ4n) is 1.24. The molecule has 0 aliphatic heterocycles. The van der Waals surface area contributed by atoms with E-state index in [4.69, 9.17) is 5.73 Å². The minimum atomic E-state index is 0.791. The van der Waals surface area contributed by atoms with Crippen molar-refractivity contribution >= 4 is 38.6 Å². The van der Waals surface area contributed by atoms with E-state index in [9.17, 15) is 0 Å². The van der Waals surface area contributed by atoms with Crippen molar-refractivity contribution in [2.45, 2.75) is 6.54 Å². The van der Waals surface area contributed by atoms with Crippen molar-refractivity contribution in [2.75, 3.05) is 11.1 Å². The van der Waals surface area contributed by atoms with E-state index >= 15 is 0 Å². The number of nitrogens with one attached hydrogen (secondary N) is 1. The number of rotatable bonds is 3. The molecule has 0 fully saturated rings. The van der Waals surface area contributed by atoms with Gasteiger partial charge in [-0.2, -0.15) is 0 Å². The molecule has 0 spiro atoms. The van der Waals surface area contributed by atoms with E-state index in [2.05, 4.69) is 32.7 Å². The zero-order valence-corrected chi connectivity index (χ0v) is 10.4. The van der Waals surface area contributed by atoms with E-state index < -0.39 is 0 Å². The standard InChI is InChI=1S/C11H11BrN2S/c12-8-5-11(15-7-8)6-14-10-3-1-9(13)2-4-10/h1-5,7,14H,6,13H2. The van der Waals surface area contributed by atoms with E-state index in [0.717, 1.165) is 22.4 Å². The Morgan fingerprint density at radius 1 is 1.27 bits per heavy atom. The Kier molecular flexibility index (Phi) is 3.28. The van der Waals surface area contributed by atoms with Crippen LogP contribution < -0.4 is 11.1 Å². The van der Waals surface area contributed by atoms with Crippen LogP contribution in [-0.4, -0.2) is 0 Å². The van der Waals surface area contributed by atoms with E-state index in [1.165, 1.54) is 4.88 Å². The van der Waals surface area contributed by atoms with Gasteiger partial charge >= 0.3 is 0 Å². The second-order valence-electron chi connectivity index (χ2n) is 3.21. The third kappa shape index (κ3) is 2.97. The number of hydrogen-bond acceptors (Lipinski definition) is 3. The van der Waals surface area contributed by atoms with E-state index in [1.807, 2.05) is 24.3 Å². The van der Waals surface area contributed by atoms with Crippen LogP contribution >= 0.6 is 27.3 Å². The van der Waals surface area contributed by atoms with Gasteiger partial charge in [0.25, 0.3) is 0 Å².